The number of esters is 1. The maximum Gasteiger partial charge on any atom is 0.338 e. The first-order valence-corrected chi connectivity index (χ1v) is 12.9. The highest BCUT2D eigenvalue weighted by Gasteiger charge is 2.33. The quantitative estimate of drug-likeness (QED) is 0.510. The summed E-state index contributed by atoms with van der Waals surface area (Å²) in [5.41, 5.74) is 1.57. The molecule has 0 unspecified atom stereocenters. The number of fused-ring (bicyclic) bond motifs is 1. The number of thiazole rings is 1. The molecule has 0 N–H and O–H groups in total. The smallest absolute Gasteiger partial charge is 0.338 e. The van der Waals surface area contributed by atoms with E-state index in [1.807, 2.05) is 42.5 Å². The van der Waals surface area contributed by atoms with Gasteiger partial charge in [0.05, 0.1) is 28.5 Å². The highest BCUT2D eigenvalue weighted by atomic mass is 32.1. The van der Waals surface area contributed by atoms with Gasteiger partial charge in [0.2, 0.25) is 0 Å². The van der Waals surface area contributed by atoms with Crippen LogP contribution < -0.4 is 19.8 Å². The molecule has 5 rings (SSSR count). The number of furan rings is 1. The Hall–Kier alpha value is -3.39. The van der Waals surface area contributed by atoms with Gasteiger partial charge in [-0.15, -0.1) is 0 Å². The molecular weight excluding hydrogens is 462 g/mol. The van der Waals surface area contributed by atoms with Gasteiger partial charge in [-0.1, -0.05) is 48.6 Å². The summed E-state index contributed by atoms with van der Waals surface area (Å²) in [6, 6.07) is 12.8. The number of ether oxygens (including phenoxy) is 1. The van der Waals surface area contributed by atoms with Crippen LogP contribution in [0.25, 0.3) is 6.08 Å². The van der Waals surface area contributed by atoms with E-state index in [0.717, 1.165) is 43.3 Å². The fraction of sp³-hybridized carbons (Fsp3) is 0.370. The molecule has 1 atom stereocenters. The van der Waals surface area contributed by atoms with Crippen molar-refractivity contribution in [2.45, 2.75) is 39.7 Å². The van der Waals surface area contributed by atoms with E-state index in [9.17, 15) is 9.59 Å². The van der Waals surface area contributed by atoms with Gasteiger partial charge in [-0.3, -0.25) is 9.36 Å². The summed E-state index contributed by atoms with van der Waals surface area (Å²) in [5, 5.41) is 0. The Morgan fingerprint density at radius 1 is 1.20 bits per heavy atom. The number of carbonyl (C=O) groups is 1. The maximum atomic E-state index is 13.6. The lowest BCUT2D eigenvalue weighted by atomic mass is 9.96. The number of rotatable bonds is 5. The molecule has 4 heterocycles. The van der Waals surface area contributed by atoms with Crippen LogP contribution in [0.4, 0.5) is 5.88 Å². The lowest BCUT2D eigenvalue weighted by molar-refractivity contribution is -0.139. The van der Waals surface area contributed by atoms with Crippen LogP contribution in [0.15, 0.2) is 67.9 Å². The van der Waals surface area contributed by atoms with E-state index in [2.05, 4.69) is 16.8 Å². The van der Waals surface area contributed by atoms with E-state index in [1.165, 1.54) is 11.3 Å². The van der Waals surface area contributed by atoms with E-state index in [4.69, 9.17) is 9.15 Å². The molecule has 0 bridgehead atoms. The standard InChI is InChI=1S/C27H29N3O4S/c1-4-33-26(32)23-18(3)28-27-30(24(23)19-8-6-5-7-9-19)25(31)21(35-27)16-20-10-11-22(34-20)29-14-12-17(2)13-15-29/h5-11,16-17,24H,4,12-15H2,1-3H3/b21-16+/t24-/m0/s1. The summed E-state index contributed by atoms with van der Waals surface area (Å²) in [6.45, 7) is 8.04. The molecule has 2 aromatic heterocycles. The van der Waals surface area contributed by atoms with Crippen molar-refractivity contribution < 1.29 is 13.9 Å². The number of hydrogen-bond acceptors (Lipinski definition) is 7. The van der Waals surface area contributed by atoms with Gasteiger partial charge in [-0.2, -0.15) is 0 Å². The molecule has 0 aliphatic carbocycles. The minimum Gasteiger partial charge on any atom is -0.463 e. The molecule has 0 spiro atoms. The van der Waals surface area contributed by atoms with Crippen LogP contribution in [0, 0.1) is 5.92 Å². The van der Waals surface area contributed by atoms with Gasteiger partial charge in [0.1, 0.15) is 5.76 Å². The minimum absolute atomic E-state index is 0.207. The fourth-order valence-corrected chi connectivity index (χ4v) is 5.72. The topological polar surface area (TPSA) is 77.0 Å². The molecule has 2 aliphatic heterocycles. The number of aromatic nitrogens is 1. The van der Waals surface area contributed by atoms with Gasteiger partial charge in [0.25, 0.3) is 5.56 Å². The molecule has 35 heavy (non-hydrogen) atoms. The molecule has 2 aliphatic rings. The van der Waals surface area contributed by atoms with Crippen molar-refractivity contribution in [3.8, 4) is 0 Å². The summed E-state index contributed by atoms with van der Waals surface area (Å²) in [4.78, 5) is 34.0. The second-order valence-electron chi connectivity index (χ2n) is 9.06. The van der Waals surface area contributed by atoms with Crippen molar-refractivity contribution in [3.63, 3.8) is 0 Å². The monoisotopic (exact) mass is 491 g/mol. The van der Waals surface area contributed by atoms with E-state index in [0.29, 0.717) is 26.4 Å². The third kappa shape index (κ3) is 4.50. The van der Waals surface area contributed by atoms with Gasteiger partial charge in [0.15, 0.2) is 10.7 Å². The Bertz CT molecular complexity index is 1440. The SMILES string of the molecule is CCOC(=O)C1=C(C)N=c2s/c(=C/c3ccc(N4CCC(C)CC4)o3)c(=O)n2[C@H]1c1ccccc1. The normalized spacial score (nSPS) is 19.0. The number of piperidine rings is 1. The average molecular weight is 492 g/mol. The van der Waals surface area contributed by atoms with Gasteiger partial charge in [0, 0.05) is 25.2 Å². The second-order valence-corrected chi connectivity index (χ2v) is 10.1. The zero-order valence-corrected chi connectivity index (χ0v) is 21.0. The Balaban J connectivity index is 1.57. The number of anilines is 1. The fourth-order valence-electron chi connectivity index (χ4n) is 4.69. The first-order chi connectivity index (χ1) is 17.0. The molecule has 3 aromatic rings. The zero-order chi connectivity index (χ0) is 24.5. The second kappa shape index (κ2) is 9.70. The minimum atomic E-state index is -0.601. The van der Waals surface area contributed by atoms with Gasteiger partial charge < -0.3 is 14.1 Å². The molecule has 0 saturated carbocycles. The summed E-state index contributed by atoms with van der Waals surface area (Å²) < 4.78 is 13.5. The maximum absolute atomic E-state index is 13.6. The van der Waals surface area contributed by atoms with Crippen LogP contribution in [0.3, 0.4) is 0 Å². The molecule has 7 nitrogen and oxygen atoms in total. The van der Waals surface area contributed by atoms with Crippen molar-refractivity contribution in [1.29, 1.82) is 0 Å². The Kier molecular flexibility index (Phi) is 6.47. The Morgan fingerprint density at radius 2 is 1.94 bits per heavy atom. The highest BCUT2D eigenvalue weighted by Crippen LogP contribution is 2.30. The Morgan fingerprint density at radius 3 is 2.66 bits per heavy atom. The number of allylic oxidation sites excluding steroid dienone is 1. The lowest BCUT2D eigenvalue weighted by Crippen LogP contribution is -2.39. The third-order valence-corrected chi connectivity index (χ3v) is 7.60. The summed E-state index contributed by atoms with van der Waals surface area (Å²) in [7, 11) is 0. The molecule has 1 fully saturated rings. The zero-order valence-electron chi connectivity index (χ0n) is 20.2. The van der Waals surface area contributed by atoms with Crippen LogP contribution in [-0.2, 0) is 9.53 Å². The molecule has 182 valence electrons. The van der Waals surface area contributed by atoms with E-state index in [1.54, 1.807) is 24.5 Å². The molecular formula is C27H29N3O4S. The van der Waals surface area contributed by atoms with Crippen LogP contribution in [0.1, 0.15) is 51.0 Å². The van der Waals surface area contributed by atoms with E-state index < -0.39 is 12.0 Å². The van der Waals surface area contributed by atoms with Crippen molar-refractivity contribution in [1.82, 2.24) is 4.57 Å². The Labute approximate surface area is 207 Å². The largest absolute Gasteiger partial charge is 0.463 e. The van der Waals surface area contributed by atoms with Crippen molar-refractivity contribution >= 4 is 29.3 Å². The molecule has 1 aromatic carbocycles. The van der Waals surface area contributed by atoms with Gasteiger partial charge in [-0.25, -0.2) is 9.79 Å². The van der Waals surface area contributed by atoms with Gasteiger partial charge in [-0.05, 0) is 44.2 Å². The molecule has 1 saturated heterocycles. The van der Waals surface area contributed by atoms with Gasteiger partial charge >= 0.3 is 5.97 Å². The summed E-state index contributed by atoms with van der Waals surface area (Å²) in [5.74, 6) is 1.74. The number of benzene rings is 1. The lowest BCUT2D eigenvalue weighted by Gasteiger charge is -2.29. The van der Waals surface area contributed by atoms with Crippen molar-refractivity contribution in [3.05, 3.63) is 84.7 Å². The number of hydrogen-bond donors (Lipinski definition) is 0. The molecule has 8 heteroatoms. The van der Waals surface area contributed by atoms with E-state index >= 15 is 0 Å². The van der Waals surface area contributed by atoms with E-state index in [-0.39, 0.29) is 12.2 Å². The van der Waals surface area contributed by atoms with Crippen LogP contribution >= 0.6 is 11.3 Å². The van der Waals surface area contributed by atoms with Crippen molar-refractivity contribution in [2.24, 2.45) is 10.9 Å². The first-order valence-electron chi connectivity index (χ1n) is 12.1. The highest BCUT2D eigenvalue weighted by molar-refractivity contribution is 7.07. The molecule has 0 amide bonds. The predicted molar refractivity (Wildman–Crippen MR) is 136 cm³/mol. The predicted octanol–water partition coefficient (Wildman–Crippen LogP) is 3.63. The van der Waals surface area contributed by atoms with Crippen LogP contribution in [0.5, 0.6) is 0 Å². The number of carbonyl (C=O) groups excluding carboxylic acids is 1. The van der Waals surface area contributed by atoms with Crippen LogP contribution in [0.2, 0.25) is 0 Å². The van der Waals surface area contributed by atoms with Crippen molar-refractivity contribution in [2.75, 3.05) is 24.6 Å². The first kappa shape index (κ1) is 23.4. The third-order valence-electron chi connectivity index (χ3n) is 6.61. The summed E-state index contributed by atoms with van der Waals surface area (Å²) in [6.07, 6.45) is 4.07. The summed E-state index contributed by atoms with van der Waals surface area (Å²) >= 11 is 1.30. The molecule has 0 radical (unpaired) electrons. The number of nitrogens with zero attached hydrogens (tertiary/aromatic N) is 3. The average Bonchev–Trinajstić information content (AvgIpc) is 3.44. The van der Waals surface area contributed by atoms with Crippen LogP contribution in [-0.4, -0.2) is 30.2 Å².